The van der Waals surface area contributed by atoms with Gasteiger partial charge in [0.05, 0.1) is 10.8 Å². The number of aromatic nitrogens is 1. The van der Waals surface area contributed by atoms with Crippen LogP contribution in [0, 0.1) is 23.0 Å². The quantitative estimate of drug-likeness (QED) is 0.580. The first kappa shape index (κ1) is 20.4. The fraction of sp³-hybridized carbons (Fsp3) is 0.368. The Morgan fingerprint density at radius 1 is 1.38 bits per heavy atom. The number of carbonyl (C=O) groups is 1. The average Bonchev–Trinajstić information content (AvgIpc) is 2.69. The van der Waals surface area contributed by atoms with Crippen LogP contribution in [0.1, 0.15) is 18.4 Å². The summed E-state index contributed by atoms with van der Waals surface area (Å²) in [5.74, 6) is -0.558. The van der Waals surface area contributed by atoms with Crippen LogP contribution >= 0.6 is 0 Å². The Labute approximate surface area is 165 Å². The van der Waals surface area contributed by atoms with Crippen molar-refractivity contribution in [2.75, 3.05) is 23.3 Å². The number of rotatable bonds is 6. The van der Waals surface area contributed by atoms with Gasteiger partial charge >= 0.3 is 12.3 Å². The van der Waals surface area contributed by atoms with Gasteiger partial charge in [0.25, 0.3) is 0 Å². The lowest BCUT2D eigenvalue weighted by molar-refractivity contribution is -0.386. The summed E-state index contributed by atoms with van der Waals surface area (Å²) in [7, 11) is 0. The monoisotopic (exact) mass is 406 g/mol. The highest BCUT2D eigenvalue weighted by molar-refractivity contribution is 5.92. The fourth-order valence-electron chi connectivity index (χ4n) is 3.24. The number of nitro benzene ring substituents is 1. The van der Waals surface area contributed by atoms with Gasteiger partial charge in [-0.1, -0.05) is 6.07 Å². The predicted octanol–water partition coefficient (Wildman–Crippen LogP) is 3.75. The van der Waals surface area contributed by atoms with E-state index in [0.717, 1.165) is 11.6 Å². The first-order valence-electron chi connectivity index (χ1n) is 9.05. The van der Waals surface area contributed by atoms with Crippen LogP contribution in [0.3, 0.4) is 0 Å². The second kappa shape index (κ2) is 8.80. The number of halogens is 2. The molecule has 1 N–H and O–H groups in total. The third-order valence-corrected chi connectivity index (χ3v) is 4.68. The number of ether oxygens (including phenoxy) is 1. The van der Waals surface area contributed by atoms with E-state index in [1.165, 1.54) is 12.1 Å². The maximum Gasteiger partial charge on any atom is 0.387 e. The number of nitrogens with one attached hydrogen (secondary N) is 1. The molecule has 1 saturated heterocycles. The highest BCUT2D eigenvalue weighted by Crippen LogP contribution is 2.34. The van der Waals surface area contributed by atoms with Crippen LogP contribution in [-0.2, 0) is 4.79 Å². The molecule has 0 radical (unpaired) electrons. The maximum absolute atomic E-state index is 12.6. The molecule has 1 amide bonds. The van der Waals surface area contributed by atoms with Crippen molar-refractivity contribution in [1.29, 1.82) is 0 Å². The van der Waals surface area contributed by atoms with Crippen molar-refractivity contribution in [3.8, 4) is 5.75 Å². The molecule has 1 aliphatic rings. The zero-order valence-corrected chi connectivity index (χ0v) is 15.7. The van der Waals surface area contributed by atoms with Crippen molar-refractivity contribution in [3.63, 3.8) is 0 Å². The van der Waals surface area contributed by atoms with Crippen molar-refractivity contribution < 1.29 is 23.2 Å². The first-order chi connectivity index (χ1) is 13.8. The zero-order valence-electron chi connectivity index (χ0n) is 15.7. The number of alkyl halides is 2. The first-order valence-corrected chi connectivity index (χ1v) is 9.05. The molecule has 10 heteroatoms. The largest absolute Gasteiger partial charge is 0.427 e. The molecule has 0 bridgehead atoms. The maximum atomic E-state index is 12.6. The Morgan fingerprint density at radius 2 is 2.17 bits per heavy atom. The minimum absolute atomic E-state index is 0.183. The Hall–Kier alpha value is -3.30. The van der Waals surface area contributed by atoms with E-state index in [1.54, 1.807) is 12.3 Å². The minimum atomic E-state index is -3.18. The van der Waals surface area contributed by atoms with E-state index in [0.29, 0.717) is 37.4 Å². The summed E-state index contributed by atoms with van der Waals surface area (Å²) in [6, 6.07) is 7.38. The molecule has 0 spiro atoms. The molecule has 1 aromatic heterocycles. The summed E-state index contributed by atoms with van der Waals surface area (Å²) < 4.78 is 29.6. The number of aryl methyl sites for hydroxylation is 1. The molecule has 2 heterocycles. The molecule has 8 nitrogen and oxygen atoms in total. The van der Waals surface area contributed by atoms with E-state index < -0.39 is 23.0 Å². The number of pyridine rings is 1. The number of carbonyl (C=O) groups excluding carboxylic acids is 1. The van der Waals surface area contributed by atoms with E-state index >= 15 is 0 Å². The van der Waals surface area contributed by atoms with Gasteiger partial charge in [-0.05, 0) is 37.5 Å². The number of piperidine rings is 1. The minimum Gasteiger partial charge on any atom is -0.427 e. The predicted molar refractivity (Wildman–Crippen MR) is 102 cm³/mol. The second-order valence-corrected chi connectivity index (χ2v) is 6.78. The van der Waals surface area contributed by atoms with E-state index in [9.17, 15) is 23.7 Å². The highest BCUT2D eigenvalue weighted by Gasteiger charge is 2.28. The molecule has 0 aliphatic carbocycles. The molecule has 29 heavy (non-hydrogen) atoms. The molecule has 154 valence electrons. The van der Waals surface area contributed by atoms with Crippen LogP contribution < -0.4 is 15.0 Å². The number of nitrogens with zero attached hydrogens (tertiary/aromatic N) is 3. The van der Waals surface area contributed by atoms with Crippen LogP contribution in [0.2, 0.25) is 0 Å². The molecular weight excluding hydrogens is 386 g/mol. The molecule has 0 saturated carbocycles. The lowest BCUT2D eigenvalue weighted by Crippen LogP contribution is -2.40. The summed E-state index contributed by atoms with van der Waals surface area (Å²) in [4.78, 5) is 28.8. The van der Waals surface area contributed by atoms with Crippen LogP contribution in [0.4, 0.5) is 26.0 Å². The van der Waals surface area contributed by atoms with Gasteiger partial charge in [-0.3, -0.25) is 14.9 Å². The number of benzene rings is 1. The third-order valence-electron chi connectivity index (χ3n) is 4.68. The van der Waals surface area contributed by atoms with E-state index in [1.807, 2.05) is 17.9 Å². The molecule has 1 aromatic carbocycles. The van der Waals surface area contributed by atoms with Crippen molar-refractivity contribution in [1.82, 2.24) is 4.98 Å². The Balaban J connectivity index is 1.73. The summed E-state index contributed by atoms with van der Waals surface area (Å²) in [5.41, 5.74) is 0.926. The molecule has 1 fully saturated rings. The Kier molecular flexibility index (Phi) is 6.20. The SMILES string of the molecule is Cc1ccc(NC(=O)C2CCCN(c3ccc([N+](=O)[O-])c(OC(F)F)c3)C2)nc1. The molecule has 1 aliphatic heterocycles. The summed E-state index contributed by atoms with van der Waals surface area (Å²) in [6.07, 6.45) is 3.03. The van der Waals surface area contributed by atoms with Gasteiger partial charge < -0.3 is 15.0 Å². The number of nitro groups is 1. The zero-order chi connectivity index (χ0) is 21.0. The Morgan fingerprint density at radius 3 is 2.83 bits per heavy atom. The van der Waals surface area contributed by atoms with Gasteiger partial charge in [-0.2, -0.15) is 8.78 Å². The Bertz CT molecular complexity index is 892. The van der Waals surface area contributed by atoms with Crippen molar-refractivity contribution in [2.24, 2.45) is 5.92 Å². The van der Waals surface area contributed by atoms with Crippen molar-refractivity contribution in [3.05, 3.63) is 52.2 Å². The van der Waals surface area contributed by atoms with Gasteiger partial charge in [-0.25, -0.2) is 4.98 Å². The standard InChI is InChI=1S/C19H20F2N4O4/c1-12-4-7-17(22-10-12)23-18(26)13-3-2-8-24(11-13)14-5-6-15(25(27)28)16(9-14)29-19(20)21/h4-7,9-10,13,19H,2-3,8,11H2,1H3,(H,22,23,26). The van der Waals surface area contributed by atoms with Gasteiger partial charge in [0, 0.05) is 37.1 Å². The van der Waals surface area contributed by atoms with Crippen LogP contribution in [0.25, 0.3) is 0 Å². The summed E-state index contributed by atoms with van der Waals surface area (Å²) in [5, 5.41) is 13.8. The van der Waals surface area contributed by atoms with E-state index in [-0.39, 0.29) is 11.8 Å². The third kappa shape index (κ3) is 5.15. The van der Waals surface area contributed by atoms with Crippen molar-refractivity contribution >= 4 is 23.1 Å². The van der Waals surface area contributed by atoms with Crippen LogP contribution in [-0.4, -0.2) is 35.5 Å². The lowest BCUT2D eigenvalue weighted by Gasteiger charge is -2.33. The van der Waals surface area contributed by atoms with Crippen molar-refractivity contribution in [2.45, 2.75) is 26.4 Å². The van der Waals surface area contributed by atoms with Gasteiger partial charge in [0.1, 0.15) is 5.82 Å². The molecule has 1 atom stereocenters. The van der Waals surface area contributed by atoms with Gasteiger partial charge in [0.2, 0.25) is 11.7 Å². The summed E-state index contributed by atoms with van der Waals surface area (Å²) >= 11 is 0. The smallest absolute Gasteiger partial charge is 0.387 e. The average molecular weight is 406 g/mol. The number of hydrogen-bond acceptors (Lipinski definition) is 6. The van der Waals surface area contributed by atoms with E-state index in [2.05, 4.69) is 15.0 Å². The van der Waals surface area contributed by atoms with Gasteiger partial charge in [0.15, 0.2) is 0 Å². The summed E-state index contributed by atoms with van der Waals surface area (Å²) in [6.45, 7) is -0.332. The topological polar surface area (TPSA) is 97.6 Å². The van der Waals surface area contributed by atoms with E-state index in [4.69, 9.17) is 0 Å². The second-order valence-electron chi connectivity index (χ2n) is 6.78. The number of hydrogen-bond donors (Lipinski definition) is 1. The number of amides is 1. The highest BCUT2D eigenvalue weighted by atomic mass is 19.3. The molecular formula is C19H20F2N4O4. The lowest BCUT2D eigenvalue weighted by atomic mass is 9.96. The van der Waals surface area contributed by atoms with Crippen LogP contribution in [0.5, 0.6) is 5.75 Å². The molecule has 2 aromatic rings. The normalized spacial score (nSPS) is 16.6. The fourth-order valence-corrected chi connectivity index (χ4v) is 3.24. The molecule has 3 rings (SSSR count). The molecule has 1 unspecified atom stereocenters. The number of anilines is 2. The van der Waals surface area contributed by atoms with Gasteiger partial charge in [-0.15, -0.1) is 0 Å². The van der Waals surface area contributed by atoms with Crippen LogP contribution in [0.15, 0.2) is 36.5 Å².